The molecule has 3 heteroatoms. The van der Waals surface area contributed by atoms with E-state index >= 15 is 0 Å². The molecule has 20 heavy (non-hydrogen) atoms. The third-order valence-electron chi connectivity index (χ3n) is 3.57. The van der Waals surface area contributed by atoms with Crippen molar-refractivity contribution in [2.24, 2.45) is 0 Å². The van der Waals surface area contributed by atoms with Gasteiger partial charge in [-0.25, -0.2) is 0 Å². The van der Waals surface area contributed by atoms with Crippen molar-refractivity contribution in [3.63, 3.8) is 0 Å². The molecule has 0 fully saturated rings. The van der Waals surface area contributed by atoms with E-state index < -0.39 is 5.38 Å². The van der Waals surface area contributed by atoms with Gasteiger partial charge in [0.1, 0.15) is 5.38 Å². The van der Waals surface area contributed by atoms with E-state index in [9.17, 15) is 4.79 Å². The van der Waals surface area contributed by atoms with Gasteiger partial charge in [-0.15, -0.1) is 11.6 Å². The largest absolute Gasteiger partial charge is 0.465 e. The normalized spacial score (nSPS) is 12.3. The Morgan fingerprint density at radius 2 is 1.25 bits per heavy atom. The van der Waals surface area contributed by atoms with Crippen molar-refractivity contribution in [3.05, 3.63) is 0 Å². The van der Waals surface area contributed by atoms with Crippen molar-refractivity contribution in [2.45, 2.75) is 96.3 Å². The number of esters is 1. The zero-order valence-corrected chi connectivity index (χ0v) is 14.2. The number of hydrogen-bond donors (Lipinski definition) is 0. The van der Waals surface area contributed by atoms with Crippen LogP contribution in [0.25, 0.3) is 0 Å². The maximum absolute atomic E-state index is 11.1. The van der Waals surface area contributed by atoms with Crippen LogP contribution in [-0.2, 0) is 9.53 Å². The highest BCUT2D eigenvalue weighted by Crippen LogP contribution is 2.12. The topological polar surface area (TPSA) is 26.3 Å². The summed E-state index contributed by atoms with van der Waals surface area (Å²) in [5.41, 5.74) is 0. The summed E-state index contributed by atoms with van der Waals surface area (Å²) in [5, 5.41) is -0.521. The van der Waals surface area contributed by atoms with E-state index in [1.165, 1.54) is 64.2 Å². The van der Waals surface area contributed by atoms with Gasteiger partial charge in [-0.05, 0) is 13.3 Å². The summed E-state index contributed by atoms with van der Waals surface area (Å²) < 4.78 is 5.02. The fraction of sp³-hybridized carbons (Fsp3) is 0.941. The van der Waals surface area contributed by atoms with Crippen LogP contribution in [0.15, 0.2) is 0 Å². The van der Waals surface area contributed by atoms with Gasteiger partial charge in [0.05, 0.1) is 6.61 Å². The summed E-state index contributed by atoms with van der Waals surface area (Å²) in [4.78, 5) is 11.1. The summed E-state index contributed by atoms with van der Waals surface area (Å²) in [7, 11) is 0. The van der Waals surface area contributed by atoms with Gasteiger partial charge in [0.25, 0.3) is 0 Å². The molecule has 0 radical (unpaired) electrons. The van der Waals surface area contributed by atoms with Crippen LogP contribution >= 0.6 is 11.6 Å². The fourth-order valence-electron chi connectivity index (χ4n) is 2.23. The molecule has 0 amide bonds. The van der Waals surface area contributed by atoms with Crippen molar-refractivity contribution < 1.29 is 9.53 Å². The van der Waals surface area contributed by atoms with E-state index in [1.54, 1.807) is 6.92 Å². The Hall–Kier alpha value is -0.240. The number of rotatable bonds is 14. The molecule has 0 aromatic heterocycles. The number of alkyl halides is 1. The van der Waals surface area contributed by atoms with Gasteiger partial charge in [-0.2, -0.15) is 0 Å². The van der Waals surface area contributed by atoms with Crippen molar-refractivity contribution in [3.8, 4) is 0 Å². The van der Waals surface area contributed by atoms with E-state index in [-0.39, 0.29) is 5.97 Å². The summed E-state index contributed by atoms with van der Waals surface area (Å²) in [6.45, 7) is 4.43. The molecule has 0 N–H and O–H groups in total. The molecule has 0 bridgehead atoms. The average molecular weight is 305 g/mol. The van der Waals surface area contributed by atoms with Crippen LogP contribution in [0.4, 0.5) is 0 Å². The number of carbonyl (C=O) groups excluding carboxylic acids is 1. The Kier molecular flexibility index (Phi) is 15.0. The SMILES string of the molecule is CCCCCCCCCCCCCCOC(=O)C(C)Cl. The molecule has 0 aliphatic carbocycles. The molecule has 1 atom stereocenters. The molecule has 2 nitrogen and oxygen atoms in total. The number of ether oxygens (including phenoxy) is 1. The molecule has 120 valence electrons. The summed E-state index contributed by atoms with van der Waals surface area (Å²) in [5.74, 6) is -0.297. The molecule has 0 aromatic carbocycles. The molecular weight excluding hydrogens is 272 g/mol. The summed E-state index contributed by atoms with van der Waals surface area (Å²) in [6.07, 6.45) is 15.8. The lowest BCUT2D eigenvalue weighted by Crippen LogP contribution is -2.14. The quantitative estimate of drug-likeness (QED) is 0.228. The van der Waals surface area contributed by atoms with E-state index in [2.05, 4.69) is 6.92 Å². The van der Waals surface area contributed by atoms with E-state index in [1.807, 2.05) is 0 Å². The molecule has 0 heterocycles. The van der Waals surface area contributed by atoms with Gasteiger partial charge in [0.15, 0.2) is 0 Å². The third kappa shape index (κ3) is 14.2. The lowest BCUT2D eigenvalue weighted by Gasteiger charge is -2.06. The second kappa shape index (κ2) is 15.2. The van der Waals surface area contributed by atoms with Gasteiger partial charge < -0.3 is 4.74 Å². The first kappa shape index (κ1) is 19.8. The molecule has 0 saturated carbocycles. The Bertz CT molecular complexity index is 217. The van der Waals surface area contributed by atoms with Gasteiger partial charge >= 0.3 is 5.97 Å². The zero-order chi connectivity index (χ0) is 15.1. The molecular formula is C17H33ClO2. The molecule has 0 spiro atoms. The smallest absolute Gasteiger partial charge is 0.323 e. The van der Waals surface area contributed by atoms with Gasteiger partial charge in [0, 0.05) is 0 Å². The monoisotopic (exact) mass is 304 g/mol. The molecule has 1 unspecified atom stereocenters. The minimum absolute atomic E-state index is 0.297. The van der Waals surface area contributed by atoms with Crippen LogP contribution in [0.2, 0.25) is 0 Å². The Labute approximate surface area is 130 Å². The maximum Gasteiger partial charge on any atom is 0.323 e. The van der Waals surface area contributed by atoms with Crippen LogP contribution < -0.4 is 0 Å². The molecule has 0 aromatic rings. The Balaban J connectivity index is 3.04. The first-order valence-electron chi connectivity index (χ1n) is 8.49. The van der Waals surface area contributed by atoms with Crippen molar-refractivity contribution in [2.75, 3.05) is 6.61 Å². The predicted molar refractivity (Wildman–Crippen MR) is 87.4 cm³/mol. The van der Waals surface area contributed by atoms with Crippen molar-refractivity contribution in [1.82, 2.24) is 0 Å². The zero-order valence-electron chi connectivity index (χ0n) is 13.5. The lowest BCUT2D eigenvalue weighted by atomic mass is 10.1. The standard InChI is InChI=1S/C17H33ClO2/c1-3-4-5-6-7-8-9-10-11-12-13-14-15-20-17(19)16(2)18/h16H,3-15H2,1-2H3. The minimum Gasteiger partial charge on any atom is -0.465 e. The molecule has 0 saturated heterocycles. The lowest BCUT2D eigenvalue weighted by molar-refractivity contribution is -0.142. The molecule has 0 aliphatic rings. The second-order valence-electron chi connectivity index (χ2n) is 5.67. The molecule has 0 aliphatic heterocycles. The Morgan fingerprint density at radius 1 is 0.850 bits per heavy atom. The van der Waals surface area contributed by atoms with E-state index in [4.69, 9.17) is 16.3 Å². The van der Waals surface area contributed by atoms with Crippen molar-refractivity contribution >= 4 is 17.6 Å². The highest BCUT2D eigenvalue weighted by molar-refractivity contribution is 6.29. The van der Waals surface area contributed by atoms with Gasteiger partial charge in [0.2, 0.25) is 0 Å². The van der Waals surface area contributed by atoms with Crippen LogP contribution in [0.5, 0.6) is 0 Å². The first-order chi connectivity index (χ1) is 9.68. The summed E-state index contributed by atoms with van der Waals surface area (Å²) >= 11 is 5.60. The Morgan fingerprint density at radius 3 is 1.65 bits per heavy atom. The number of carbonyl (C=O) groups is 1. The van der Waals surface area contributed by atoms with Crippen LogP contribution in [-0.4, -0.2) is 18.0 Å². The average Bonchev–Trinajstić information content (AvgIpc) is 2.43. The van der Waals surface area contributed by atoms with E-state index in [0.29, 0.717) is 6.61 Å². The predicted octanol–water partition coefficient (Wildman–Crippen LogP) is 5.86. The third-order valence-corrected chi connectivity index (χ3v) is 3.75. The number of unbranched alkanes of at least 4 members (excludes halogenated alkanes) is 11. The van der Waals surface area contributed by atoms with Crippen LogP contribution in [0.3, 0.4) is 0 Å². The van der Waals surface area contributed by atoms with Gasteiger partial charge in [-0.3, -0.25) is 4.79 Å². The second-order valence-corrected chi connectivity index (χ2v) is 6.33. The fourth-order valence-corrected chi connectivity index (χ4v) is 2.29. The highest BCUT2D eigenvalue weighted by Gasteiger charge is 2.09. The summed E-state index contributed by atoms with van der Waals surface area (Å²) in [6, 6.07) is 0. The van der Waals surface area contributed by atoms with E-state index in [0.717, 1.165) is 12.8 Å². The van der Waals surface area contributed by atoms with Gasteiger partial charge in [-0.1, -0.05) is 77.6 Å². The van der Waals surface area contributed by atoms with Crippen molar-refractivity contribution in [1.29, 1.82) is 0 Å². The molecule has 0 rings (SSSR count). The maximum atomic E-state index is 11.1. The minimum atomic E-state index is -0.521. The highest BCUT2D eigenvalue weighted by atomic mass is 35.5. The van der Waals surface area contributed by atoms with Crippen LogP contribution in [0.1, 0.15) is 90.9 Å². The number of halogens is 1. The van der Waals surface area contributed by atoms with Crippen LogP contribution in [0, 0.1) is 0 Å². The first-order valence-corrected chi connectivity index (χ1v) is 8.92. The number of hydrogen-bond acceptors (Lipinski definition) is 2.